The molecule has 0 bridgehead atoms. The fourth-order valence-electron chi connectivity index (χ4n) is 1.95. The van der Waals surface area contributed by atoms with E-state index in [4.69, 9.17) is 4.43 Å². The third-order valence-corrected chi connectivity index (χ3v) is 3.94. The number of nitrogens with one attached hydrogen (secondary N) is 1. The highest BCUT2D eigenvalue weighted by Crippen LogP contribution is 2.05. The highest BCUT2D eigenvalue weighted by molar-refractivity contribution is 6.69. The molecule has 0 aromatic rings. The minimum Gasteiger partial charge on any atom is -0.418 e. The zero-order valence-corrected chi connectivity index (χ0v) is 12.6. The molecule has 1 aliphatic heterocycles. The molecule has 1 unspecified atom stereocenters. The topological polar surface area (TPSA) is 58.6 Å². The zero-order chi connectivity index (χ0) is 13.6. The van der Waals surface area contributed by atoms with Crippen LogP contribution in [0.4, 0.5) is 0 Å². The summed E-state index contributed by atoms with van der Waals surface area (Å²) in [6.07, 6.45) is 1.39. The van der Waals surface area contributed by atoms with E-state index >= 15 is 0 Å². The molecule has 6 heteroatoms. The van der Waals surface area contributed by atoms with Crippen molar-refractivity contribution in [3.8, 4) is 0 Å². The van der Waals surface area contributed by atoms with Crippen LogP contribution in [0.1, 0.15) is 6.42 Å². The van der Waals surface area contributed by atoms with E-state index in [0.29, 0.717) is 12.8 Å². The maximum atomic E-state index is 11.3. The number of rotatable bonds is 7. The molecule has 0 aromatic heterocycles. The van der Waals surface area contributed by atoms with Crippen LogP contribution in [-0.2, 0) is 14.0 Å². The van der Waals surface area contributed by atoms with Crippen molar-refractivity contribution in [1.29, 1.82) is 0 Å². The Balaban J connectivity index is 2.22. The molecule has 1 fully saturated rings. The molecule has 18 heavy (non-hydrogen) atoms. The van der Waals surface area contributed by atoms with Crippen molar-refractivity contribution in [2.24, 2.45) is 0 Å². The second-order valence-electron chi connectivity index (χ2n) is 5.64. The van der Waals surface area contributed by atoms with Crippen LogP contribution in [0.5, 0.6) is 0 Å². The number of hydrogen-bond acceptors (Lipinski definition) is 5. The smallest absolute Gasteiger partial charge is 0.213 e. The van der Waals surface area contributed by atoms with E-state index < -0.39 is 8.32 Å². The Morgan fingerprint density at radius 3 is 2.83 bits per heavy atom. The van der Waals surface area contributed by atoms with E-state index in [2.05, 4.69) is 29.9 Å². The molecule has 1 aliphatic rings. The van der Waals surface area contributed by atoms with E-state index in [1.165, 1.54) is 0 Å². The molecule has 0 amide bonds. The number of carbonyl (C=O) groups excluding carboxylic acids is 2. The van der Waals surface area contributed by atoms with Gasteiger partial charge >= 0.3 is 0 Å². The van der Waals surface area contributed by atoms with E-state index in [1.54, 1.807) is 0 Å². The molecule has 1 N–H and O–H groups in total. The van der Waals surface area contributed by atoms with Crippen LogP contribution >= 0.6 is 0 Å². The lowest BCUT2D eigenvalue weighted by Gasteiger charge is -2.32. The second kappa shape index (κ2) is 7.13. The number of aldehydes is 1. The molecule has 0 aromatic carbocycles. The third kappa shape index (κ3) is 5.86. The van der Waals surface area contributed by atoms with Crippen molar-refractivity contribution in [2.45, 2.75) is 32.1 Å². The van der Waals surface area contributed by atoms with Crippen LogP contribution in [0.25, 0.3) is 0 Å². The maximum absolute atomic E-state index is 11.3. The third-order valence-electron chi connectivity index (χ3n) is 2.87. The summed E-state index contributed by atoms with van der Waals surface area (Å²) in [4.78, 5) is 24.0. The van der Waals surface area contributed by atoms with Gasteiger partial charge in [0.15, 0.2) is 14.6 Å². The molecule has 1 saturated heterocycles. The summed E-state index contributed by atoms with van der Waals surface area (Å²) in [5.74, 6) is -0.349. The second-order valence-corrected chi connectivity index (χ2v) is 10.2. The Kier molecular flexibility index (Phi) is 6.14. The van der Waals surface area contributed by atoms with Crippen LogP contribution in [0.3, 0.4) is 0 Å². The van der Waals surface area contributed by atoms with Gasteiger partial charge in [-0.05, 0) is 26.1 Å². The molecule has 0 aliphatic carbocycles. The van der Waals surface area contributed by atoms with Gasteiger partial charge in [-0.15, -0.1) is 0 Å². The fourth-order valence-corrected chi connectivity index (χ4v) is 2.71. The number of carbonyl (C=O) groups is 2. The van der Waals surface area contributed by atoms with E-state index in [1.807, 2.05) is 0 Å². The van der Waals surface area contributed by atoms with Crippen molar-refractivity contribution < 1.29 is 14.0 Å². The van der Waals surface area contributed by atoms with Crippen LogP contribution in [-0.4, -0.2) is 64.1 Å². The molecule has 1 heterocycles. The van der Waals surface area contributed by atoms with E-state index in [0.717, 1.165) is 32.7 Å². The van der Waals surface area contributed by atoms with Gasteiger partial charge in [-0.3, -0.25) is 14.5 Å². The number of Topliss-reactive ketones (excluding diaryl/α,β-unsaturated/α-hetero) is 1. The lowest BCUT2D eigenvalue weighted by Crippen LogP contribution is -2.54. The number of hydrogen-bond donors (Lipinski definition) is 1. The standard InChI is InChI=1S/C12H24N2O3Si/c1-18(2,3)17-8-4-6-14-7-5-13-11(9-14)12(16)10-15/h10-11,13H,4-9H2,1-3H3. The first-order chi connectivity index (χ1) is 8.42. The number of piperazine rings is 1. The van der Waals surface area contributed by atoms with Crippen molar-refractivity contribution >= 4 is 20.4 Å². The molecule has 0 spiro atoms. The molecule has 0 saturated carbocycles. The minimum atomic E-state index is -1.41. The number of nitrogens with zero attached hydrogens (tertiary/aromatic N) is 1. The predicted octanol–water partition coefficient (Wildman–Crippen LogP) is 0.270. The fraction of sp³-hybridized carbons (Fsp3) is 0.833. The molecule has 1 rings (SSSR count). The average Bonchev–Trinajstić information content (AvgIpc) is 2.33. The highest BCUT2D eigenvalue weighted by atomic mass is 28.4. The van der Waals surface area contributed by atoms with E-state index in [-0.39, 0.29) is 11.8 Å². The summed E-state index contributed by atoms with van der Waals surface area (Å²) in [5.41, 5.74) is 0. The quantitative estimate of drug-likeness (QED) is 0.312. The van der Waals surface area contributed by atoms with Crippen molar-refractivity contribution in [3.63, 3.8) is 0 Å². The monoisotopic (exact) mass is 272 g/mol. The van der Waals surface area contributed by atoms with Crippen molar-refractivity contribution in [3.05, 3.63) is 0 Å². The van der Waals surface area contributed by atoms with Crippen LogP contribution < -0.4 is 5.32 Å². The Morgan fingerprint density at radius 1 is 1.50 bits per heavy atom. The Bertz CT molecular complexity index is 292. The highest BCUT2D eigenvalue weighted by Gasteiger charge is 2.24. The first-order valence-corrected chi connectivity index (χ1v) is 9.92. The first-order valence-electron chi connectivity index (χ1n) is 6.51. The van der Waals surface area contributed by atoms with Crippen LogP contribution in [0.15, 0.2) is 0 Å². The zero-order valence-electron chi connectivity index (χ0n) is 11.6. The van der Waals surface area contributed by atoms with Gasteiger partial charge in [0.05, 0.1) is 6.04 Å². The molecule has 0 radical (unpaired) electrons. The molecular weight excluding hydrogens is 248 g/mol. The van der Waals surface area contributed by atoms with Gasteiger partial charge in [-0.25, -0.2) is 0 Å². The Hall–Kier alpha value is -0.563. The number of ketones is 1. The molecule has 1 atom stereocenters. The van der Waals surface area contributed by atoms with Gasteiger partial charge in [0.1, 0.15) is 0 Å². The SMILES string of the molecule is C[Si](C)(C)OCCCN1CCNC(C(=O)C=O)C1. The maximum Gasteiger partial charge on any atom is 0.213 e. The van der Waals surface area contributed by atoms with Crippen molar-refractivity contribution in [2.75, 3.05) is 32.8 Å². The van der Waals surface area contributed by atoms with Gasteiger partial charge < -0.3 is 9.74 Å². The summed E-state index contributed by atoms with van der Waals surface area (Å²) in [6.45, 7) is 10.6. The molecular formula is C12H24N2O3Si. The van der Waals surface area contributed by atoms with Gasteiger partial charge in [0, 0.05) is 32.8 Å². The van der Waals surface area contributed by atoms with Gasteiger partial charge in [-0.1, -0.05) is 0 Å². The Morgan fingerprint density at radius 2 is 2.22 bits per heavy atom. The normalized spacial score (nSPS) is 21.8. The summed E-state index contributed by atoms with van der Waals surface area (Å²) >= 11 is 0. The predicted molar refractivity (Wildman–Crippen MR) is 73.2 cm³/mol. The summed E-state index contributed by atoms with van der Waals surface area (Å²) in [6, 6.07) is -0.325. The summed E-state index contributed by atoms with van der Waals surface area (Å²) in [7, 11) is -1.41. The van der Waals surface area contributed by atoms with Gasteiger partial charge in [0.25, 0.3) is 0 Å². The van der Waals surface area contributed by atoms with Crippen LogP contribution in [0.2, 0.25) is 19.6 Å². The van der Waals surface area contributed by atoms with Gasteiger partial charge in [0.2, 0.25) is 5.78 Å². The van der Waals surface area contributed by atoms with Crippen molar-refractivity contribution in [1.82, 2.24) is 10.2 Å². The Labute approximate surface area is 110 Å². The van der Waals surface area contributed by atoms with Crippen LogP contribution in [0, 0.1) is 0 Å². The molecule has 104 valence electrons. The first kappa shape index (κ1) is 15.5. The lowest BCUT2D eigenvalue weighted by atomic mass is 10.1. The largest absolute Gasteiger partial charge is 0.418 e. The summed E-state index contributed by atoms with van der Waals surface area (Å²) < 4.78 is 5.79. The minimum absolute atomic E-state index is 0.325. The molecule has 5 nitrogen and oxygen atoms in total. The average molecular weight is 272 g/mol. The lowest BCUT2D eigenvalue weighted by molar-refractivity contribution is -0.132. The van der Waals surface area contributed by atoms with Gasteiger partial charge in [-0.2, -0.15) is 0 Å². The summed E-state index contributed by atoms with van der Waals surface area (Å²) in [5, 5.41) is 3.07. The van der Waals surface area contributed by atoms with E-state index in [9.17, 15) is 9.59 Å².